The van der Waals surface area contributed by atoms with E-state index in [0.717, 1.165) is 19.1 Å². The van der Waals surface area contributed by atoms with Crippen LogP contribution >= 0.6 is 0 Å². The summed E-state index contributed by atoms with van der Waals surface area (Å²) in [5, 5.41) is 3.47. The first-order chi connectivity index (χ1) is 7.86. The van der Waals surface area contributed by atoms with Crippen LogP contribution in [0.2, 0.25) is 0 Å². The highest BCUT2D eigenvalue weighted by molar-refractivity contribution is 5.04. The van der Waals surface area contributed by atoms with E-state index in [-0.39, 0.29) is 0 Å². The molecule has 0 radical (unpaired) electrons. The molecular weight excluding hydrogens is 200 g/mol. The molecule has 1 atom stereocenters. The zero-order valence-corrected chi connectivity index (χ0v) is 10.1. The summed E-state index contributed by atoms with van der Waals surface area (Å²) in [6.07, 6.45) is 8.93. The number of rotatable bonds is 5. The van der Waals surface area contributed by atoms with Crippen LogP contribution in [0.4, 0.5) is 0 Å². The maximum Gasteiger partial charge on any atom is 0.0947 e. The van der Waals surface area contributed by atoms with Crippen molar-refractivity contribution in [1.29, 1.82) is 0 Å². The molecule has 1 saturated heterocycles. The second kappa shape index (κ2) is 6.06. The Hall–Kier alpha value is -0.800. The molecule has 0 bridgehead atoms. The zero-order valence-electron chi connectivity index (χ0n) is 10.1. The Bertz CT molecular complexity index is 284. The van der Waals surface area contributed by atoms with Gasteiger partial charge in [-0.05, 0) is 45.5 Å². The summed E-state index contributed by atoms with van der Waals surface area (Å²) in [6.45, 7) is 3.29. The number of nitrogens with one attached hydrogen (secondary N) is 1. The molecule has 0 spiro atoms. The second-order valence-electron chi connectivity index (χ2n) is 4.73. The summed E-state index contributed by atoms with van der Waals surface area (Å²) in [7, 11) is 2.25. The van der Waals surface area contributed by atoms with Gasteiger partial charge in [-0.1, -0.05) is 6.42 Å². The minimum atomic E-state index is 0.783. The summed E-state index contributed by atoms with van der Waals surface area (Å²) in [5.41, 5.74) is 1.23. The summed E-state index contributed by atoms with van der Waals surface area (Å²) >= 11 is 0. The SMILES string of the molecule is CN1CCCCC1CCNCc1ccoc1. The van der Waals surface area contributed by atoms with E-state index in [1.807, 2.05) is 6.07 Å². The van der Waals surface area contributed by atoms with Crippen molar-refractivity contribution in [3.05, 3.63) is 24.2 Å². The van der Waals surface area contributed by atoms with Crippen molar-refractivity contribution in [3.63, 3.8) is 0 Å². The van der Waals surface area contributed by atoms with Gasteiger partial charge in [-0.15, -0.1) is 0 Å². The van der Waals surface area contributed by atoms with Crippen molar-refractivity contribution in [2.24, 2.45) is 0 Å². The highest BCUT2D eigenvalue weighted by Crippen LogP contribution is 2.17. The molecule has 0 amide bonds. The lowest BCUT2D eigenvalue weighted by atomic mass is 10.0. The topological polar surface area (TPSA) is 28.4 Å². The van der Waals surface area contributed by atoms with Gasteiger partial charge in [0.25, 0.3) is 0 Å². The van der Waals surface area contributed by atoms with Gasteiger partial charge in [0.1, 0.15) is 0 Å². The van der Waals surface area contributed by atoms with E-state index in [4.69, 9.17) is 4.42 Å². The fourth-order valence-corrected chi connectivity index (χ4v) is 2.40. The maximum absolute atomic E-state index is 5.03. The third-order valence-electron chi connectivity index (χ3n) is 3.49. The second-order valence-corrected chi connectivity index (χ2v) is 4.73. The molecule has 1 unspecified atom stereocenters. The Morgan fingerprint density at radius 2 is 2.44 bits per heavy atom. The summed E-state index contributed by atoms with van der Waals surface area (Å²) in [5.74, 6) is 0. The van der Waals surface area contributed by atoms with Gasteiger partial charge in [0.2, 0.25) is 0 Å². The minimum absolute atomic E-state index is 0.783. The molecule has 0 aromatic carbocycles. The van der Waals surface area contributed by atoms with Crippen LogP contribution in [0.5, 0.6) is 0 Å². The highest BCUT2D eigenvalue weighted by atomic mass is 16.3. The van der Waals surface area contributed by atoms with E-state index in [1.54, 1.807) is 12.5 Å². The molecule has 1 N–H and O–H groups in total. The molecule has 1 aliphatic rings. The number of nitrogens with zero attached hydrogens (tertiary/aromatic N) is 1. The van der Waals surface area contributed by atoms with E-state index < -0.39 is 0 Å². The van der Waals surface area contributed by atoms with Gasteiger partial charge in [0.15, 0.2) is 0 Å². The van der Waals surface area contributed by atoms with Crippen molar-refractivity contribution in [1.82, 2.24) is 10.2 Å². The van der Waals surface area contributed by atoms with E-state index in [2.05, 4.69) is 17.3 Å². The number of likely N-dealkylation sites (tertiary alicyclic amines) is 1. The van der Waals surface area contributed by atoms with Gasteiger partial charge in [-0.3, -0.25) is 0 Å². The van der Waals surface area contributed by atoms with Crippen LogP contribution in [0, 0.1) is 0 Å². The largest absolute Gasteiger partial charge is 0.472 e. The fourth-order valence-electron chi connectivity index (χ4n) is 2.40. The predicted octanol–water partition coefficient (Wildman–Crippen LogP) is 2.24. The zero-order chi connectivity index (χ0) is 11.2. The van der Waals surface area contributed by atoms with Crippen molar-refractivity contribution in [2.45, 2.75) is 38.3 Å². The predicted molar refractivity (Wildman–Crippen MR) is 65.3 cm³/mol. The van der Waals surface area contributed by atoms with Gasteiger partial charge < -0.3 is 14.6 Å². The first-order valence-corrected chi connectivity index (χ1v) is 6.28. The van der Waals surface area contributed by atoms with Crippen LogP contribution in [0.15, 0.2) is 23.0 Å². The van der Waals surface area contributed by atoms with Crippen molar-refractivity contribution in [3.8, 4) is 0 Å². The van der Waals surface area contributed by atoms with Gasteiger partial charge in [-0.2, -0.15) is 0 Å². The smallest absolute Gasteiger partial charge is 0.0947 e. The van der Waals surface area contributed by atoms with Gasteiger partial charge in [0, 0.05) is 18.2 Å². The van der Waals surface area contributed by atoms with Gasteiger partial charge >= 0.3 is 0 Å². The maximum atomic E-state index is 5.03. The molecule has 3 heteroatoms. The summed E-state index contributed by atoms with van der Waals surface area (Å²) < 4.78 is 5.03. The molecule has 0 saturated carbocycles. The van der Waals surface area contributed by atoms with Crippen molar-refractivity contribution >= 4 is 0 Å². The lowest BCUT2D eigenvalue weighted by Gasteiger charge is -2.32. The first kappa shape index (κ1) is 11.7. The van der Waals surface area contributed by atoms with Gasteiger partial charge in [0.05, 0.1) is 12.5 Å². The molecule has 90 valence electrons. The van der Waals surface area contributed by atoms with Gasteiger partial charge in [-0.25, -0.2) is 0 Å². The third kappa shape index (κ3) is 3.35. The molecule has 0 aliphatic carbocycles. The van der Waals surface area contributed by atoms with E-state index >= 15 is 0 Å². The Balaban J connectivity index is 1.60. The summed E-state index contributed by atoms with van der Waals surface area (Å²) in [6, 6.07) is 2.80. The average molecular weight is 222 g/mol. The van der Waals surface area contributed by atoms with Crippen LogP contribution in [0.1, 0.15) is 31.2 Å². The average Bonchev–Trinajstić information content (AvgIpc) is 2.79. The Labute approximate surface area is 97.8 Å². The lowest BCUT2D eigenvalue weighted by Crippen LogP contribution is -2.38. The molecule has 2 rings (SSSR count). The fraction of sp³-hybridized carbons (Fsp3) is 0.692. The minimum Gasteiger partial charge on any atom is -0.472 e. The van der Waals surface area contributed by atoms with Crippen LogP contribution in [0.3, 0.4) is 0 Å². The van der Waals surface area contributed by atoms with E-state index in [1.165, 1.54) is 37.8 Å². The Morgan fingerprint density at radius 1 is 1.50 bits per heavy atom. The standard InChI is InChI=1S/C13H22N2O/c1-15-8-3-2-4-13(15)5-7-14-10-12-6-9-16-11-12/h6,9,11,13-14H,2-5,7-8,10H2,1H3. The molecule has 2 heterocycles. The monoisotopic (exact) mass is 222 g/mol. The van der Waals surface area contributed by atoms with Crippen molar-refractivity contribution < 1.29 is 4.42 Å². The third-order valence-corrected chi connectivity index (χ3v) is 3.49. The lowest BCUT2D eigenvalue weighted by molar-refractivity contribution is 0.175. The summed E-state index contributed by atoms with van der Waals surface area (Å²) in [4.78, 5) is 2.50. The molecule has 1 aromatic heterocycles. The molecule has 3 nitrogen and oxygen atoms in total. The van der Waals surface area contributed by atoms with Crippen LogP contribution in [-0.4, -0.2) is 31.1 Å². The molecule has 1 aliphatic heterocycles. The van der Waals surface area contributed by atoms with E-state index in [9.17, 15) is 0 Å². The quantitative estimate of drug-likeness (QED) is 0.775. The number of furan rings is 1. The molecule has 1 aromatic rings. The van der Waals surface area contributed by atoms with Crippen LogP contribution in [-0.2, 0) is 6.54 Å². The van der Waals surface area contributed by atoms with E-state index in [0.29, 0.717) is 0 Å². The number of piperidine rings is 1. The molecular formula is C13H22N2O. The van der Waals surface area contributed by atoms with Crippen LogP contribution < -0.4 is 5.32 Å². The normalized spacial score (nSPS) is 22.4. The van der Waals surface area contributed by atoms with Crippen molar-refractivity contribution in [2.75, 3.05) is 20.1 Å². The van der Waals surface area contributed by atoms with Crippen LogP contribution in [0.25, 0.3) is 0 Å². The first-order valence-electron chi connectivity index (χ1n) is 6.28. The number of hydrogen-bond acceptors (Lipinski definition) is 3. The Morgan fingerprint density at radius 3 is 3.19 bits per heavy atom. The Kier molecular flexibility index (Phi) is 4.43. The molecule has 16 heavy (non-hydrogen) atoms. The number of hydrogen-bond donors (Lipinski definition) is 1. The highest BCUT2D eigenvalue weighted by Gasteiger charge is 2.17. The molecule has 1 fully saturated rings.